The van der Waals surface area contributed by atoms with Gasteiger partial charge in [0.2, 0.25) is 5.82 Å². The van der Waals surface area contributed by atoms with Gasteiger partial charge in [-0.1, -0.05) is 30.0 Å². The first-order valence-electron chi connectivity index (χ1n) is 8.25. The van der Waals surface area contributed by atoms with Crippen molar-refractivity contribution >= 4 is 11.8 Å². The average molecular weight is 383 g/mol. The Morgan fingerprint density at radius 1 is 1.00 bits per heavy atom. The number of halogens is 2. The van der Waals surface area contributed by atoms with Crippen LogP contribution < -0.4 is 0 Å². The highest BCUT2D eigenvalue weighted by Gasteiger charge is 2.19. The van der Waals surface area contributed by atoms with Crippen LogP contribution in [0.15, 0.2) is 70.4 Å². The van der Waals surface area contributed by atoms with Crippen LogP contribution >= 0.6 is 11.8 Å². The van der Waals surface area contributed by atoms with Crippen LogP contribution in [0, 0.1) is 18.6 Å². The van der Waals surface area contributed by atoms with E-state index in [2.05, 4.69) is 10.2 Å². The zero-order valence-corrected chi connectivity index (χ0v) is 15.2. The topological polar surface area (TPSA) is 43.9 Å². The molecule has 27 heavy (non-hydrogen) atoms. The van der Waals surface area contributed by atoms with Gasteiger partial charge in [-0.2, -0.15) is 0 Å². The second-order valence-corrected chi connectivity index (χ2v) is 6.89. The van der Waals surface area contributed by atoms with E-state index in [9.17, 15) is 8.78 Å². The van der Waals surface area contributed by atoms with E-state index in [0.717, 1.165) is 11.3 Å². The van der Waals surface area contributed by atoms with E-state index >= 15 is 0 Å². The molecule has 4 rings (SSSR count). The molecule has 0 fully saturated rings. The van der Waals surface area contributed by atoms with Crippen LogP contribution in [0.3, 0.4) is 0 Å². The molecule has 0 atom stereocenters. The number of aromatic nitrogens is 3. The first-order chi connectivity index (χ1) is 13.1. The van der Waals surface area contributed by atoms with Gasteiger partial charge < -0.3 is 4.42 Å². The van der Waals surface area contributed by atoms with Gasteiger partial charge in [-0.3, -0.25) is 4.57 Å². The fourth-order valence-electron chi connectivity index (χ4n) is 2.74. The van der Waals surface area contributed by atoms with Crippen molar-refractivity contribution in [3.05, 3.63) is 83.6 Å². The van der Waals surface area contributed by atoms with Crippen molar-refractivity contribution in [1.82, 2.24) is 14.8 Å². The second-order valence-electron chi connectivity index (χ2n) is 5.95. The number of hydrogen-bond acceptors (Lipinski definition) is 4. The molecular formula is C20H15F2N3OS. The fourth-order valence-corrected chi connectivity index (χ4v) is 3.70. The van der Waals surface area contributed by atoms with E-state index in [1.807, 2.05) is 35.8 Å². The highest BCUT2D eigenvalue weighted by molar-refractivity contribution is 7.98. The third-order valence-corrected chi connectivity index (χ3v) is 5.00. The normalized spacial score (nSPS) is 11.1. The Bertz CT molecular complexity index is 1060. The Morgan fingerprint density at radius 3 is 2.48 bits per heavy atom. The maximum absolute atomic E-state index is 13.9. The van der Waals surface area contributed by atoms with Gasteiger partial charge in [-0.05, 0) is 48.9 Å². The lowest BCUT2D eigenvalue weighted by Crippen LogP contribution is -2.00. The van der Waals surface area contributed by atoms with Crippen molar-refractivity contribution in [2.45, 2.75) is 17.8 Å². The number of hydrogen-bond donors (Lipinski definition) is 0. The van der Waals surface area contributed by atoms with Crippen LogP contribution in [-0.2, 0) is 5.75 Å². The molecule has 0 aliphatic heterocycles. The Kier molecular flexibility index (Phi) is 4.77. The van der Waals surface area contributed by atoms with Crippen LogP contribution in [0.5, 0.6) is 0 Å². The van der Waals surface area contributed by atoms with Crippen molar-refractivity contribution in [2.75, 3.05) is 0 Å². The summed E-state index contributed by atoms with van der Waals surface area (Å²) in [6.45, 7) is 1.99. The molecule has 0 N–H and O–H groups in total. The zero-order valence-electron chi connectivity index (χ0n) is 14.4. The summed E-state index contributed by atoms with van der Waals surface area (Å²) in [6, 6.07) is 15.2. The third-order valence-electron chi connectivity index (χ3n) is 4.04. The molecule has 2 aromatic carbocycles. The van der Waals surface area contributed by atoms with Crippen molar-refractivity contribution in [3.63, 3.8) is 0 Å². The Morgan fingerprint density at radius 2 is 1.78 bits per heavy atom. The standard InChI is InChI=1S/C20H15F2N3OS/c1-13-5-2-6-14(11-13)25-19(18-9-4-10-26-18)23-24-20(25)27-12-15-16(21)7-3-8-17(15)22/h2-11H,12H2,1H3. The number of thioether (sulfide) groups is 1. The summed E-state index contributed by atoms with van der Waals surface area (Å²) in [5, 5.41) is 8.98. The van der Waals surface area contributed by atoms with Gasteiger partial charge >= 0.3 is 0 Å². The molecule has 4 aromatic rings. The van der Waals surface area contributed by atoms with Crippen molar-refractivity contribution in [2.24, 2.45) is 0 Å². The molecule has 0 bridgehead atoms. The van der Waals surface area contributed by atoms with Gasteiger partial charge in [0.25, 0.3) is 0 Å². The van der Waals surface area contributed by atoms with Crippen LogP contribution in [0.1, 0.15) is 11.1 Å². The molecule has 4 nitrogen and oxygen atoms in total. The molecule has 0 aliphatic rings. The lowest BCUT2D eigenvalue weighted by molar-refractivity contribution is 0.566. The van der Waals surface area contributed by atoms with Crippen LogP contribution in [0.25, 0.3) is 17.3 Å². The molecule has 0 amide bonds. The van der Waals surface area contributed by atoms with Gasteiger partial charge in [-0.15, -0.1) is 10.2 Å². The minimum absolute atomic E-state index is 0.0147. The number of furan rings is 1. The Hall–Kier alpha value is -2.93. The molecule has 0 unspecified atom stereocenters. The van der Waals surface area contributed by atoms with Crippen LogP contribution in [0.2, 0.25) is 0 Å². The molecule has 2 heterocycles. The molecule has 0 spiro atoms. The summed E-state index contributed by atoms with van der Waals surface area (Å²) in [7, 11) is 0. The van der Waals surface area contributed by atoms with E-state index in [0.29, 0.717) is 16.7 Å². The summed E-state index contributed by atoms with van der Waals surface area (Å²) in [4.78, 5) is 0. The molecular weight excluding hydrogens is 368 g/mol. The van der Waals surface area contributed by atoms with E-state index in [1.54, 1.807) is 18.4 Å². The smallest absolute Gasteiger partial charge is 0.205 e. The maximum atomic E-state index is 13.9. The number of benzene rings is 2. The van der Waals surface area contributed by atoms with E-state index < -0.39 is 11.6 Å². The minimum Gasteiger partial charge on any atom is -0.461 e. The number of rotatable bonds is 5. The summed E-state index contributed by atoms with van der Waals surface area (Å²) < 4.78 is 35.2. The van der Waals surface area contributed by atoms with Crippen LogP contribution in [0.4, 0.5) is 8.78 Å². The lowest BCUT2D eigenvalue weighted by atomic mass is 10.2. The summed E-state index contributed by atoms with van der Waals surface area (Å²) in [5.41, 5.74) is 1.94. The largest absolute Gasteiger partial charge is 0.461 e. The number of nitrogens with zero attached hydrogens (tertiary/aromatic N) is 3. The average Bonchev–Trinajstić information content (AvgIpc) is 3.31. The first kappa shape index (κ1) is 17.5. The minimum atomic E-state index is -0.574. The summed E-state index contributed by atoms with van der Waals surface area (Å²) >= 11 is 1.21. The van der Waals surface area contributed by atoms with Crippen LogP contribution in [-0.4, -0.2) is 14.8 Å². The van der Waals surface area contributed by atoms with Crippen molar-refractivity contribution in [1.29, 1.82) is 0 Å². The Labute approximate surface area is 158 Å². The molecule has 7 heteroatoms. The SMILES string of the molecule is Cc1cccc(-n2c(SCc3c(F)cccc3F)nnc2-c2ccco2)c1. The third kappa shape index (κ3) is 3.50. The van der Waals surface area contributed by atoms with Crippen molar-refractivity contribution < 1.29 is 13.2 Å². The molecule has 2 aromatic heterocycles. The zero-order chi connectivity index (χ0) is 18.8. The van der Waals surface area contributed by atoms with Gasteiger partial charge in [0.15, 0.2) is 10.9 Å². The van der Waals surface area contributed by atoms with Gasteiger partial charge in [0.05, 0.1) is 12.0 Å². The highest BCUT2D eigenvalue weighted by Crippen LogP contribution is 2.31. The first-order valence-corrected chi connectivity index (χ1v) is 9.24. The highest BCUT2D eigenvalue weighted by atomic mass is 32.2. The van der Waals surface area contributed by atoms with Crippen molar-refractivity contribution in [3.8, 4) is 17.3 Å². The Balaban J connectivity index is 1.75. The molecule has 0 saturated carbocycles. The summed E-state index contributed by atoms with van der Waals surface area (Å²) in [6.07, 6.45) is 1.56. The van der Waals surface area contributed by atoms with E-state index in [-0.39, 0.29) is 11.3 Å². The maximum Gasteiger partial charge on any atom is 0.205 e. The van der Waals surface area contributed by atoms with Gasteiger partial charge in [-0.25, -0.2) is 8.78 Å². The monoisotopic (exact) mass is 383 g/mol. The van der Waals surface area contributed by atoms with E-state index in [4.69, 9.17) is 4.42 Å². The molecule has 0 aliphatic carbocycles. The predicted octanol–water partition coefficient (Wildman–Crippen LogP) is 5.41. The summed E-state index contributed by atoms with van der Waals surface area (Å²) in [5.74, 6) is 0.0430. The van der Waals surface area contributed by atoms with E-state index in [1.165, 1.54) is 30.0 Å². The quantitative estimate of drug-likeness (QED) is 0.433. The van der Waals surface area contributed by atoms with Gasteiger partial charge in [0, 0.05) is 11.3 Å². The molecule has 0 radical (unpaired) electrons. The molecule has 0 saturated heterocycles. The second kappa shape index (κ2) is 7.36. The predicted molar refractivity (Wildman–Crippen MR) is 99.7 cm³/mol. The molecule has 136 valence electrons. The lowest BCUT2D eigenvalue weighted by Gasteiger charge is -2.10. The number of aryl methyl sites for hydroxylation is 1. The van der Waals surface area contributed by atoms with Gasteiger partial charge in [0.1, 0.15) is 11.6 Å². The fraction of sp³-hybridized carbons (Fsp3) is 0.100.